The molecule has 5 nitrogen and oxygen atoms in total. The molecule has 1 atom stereocenters. The van der Waals surface area contributed by atoms with Gasteiger partial charge in [0.1, 0.15) is 6.54 Å². The molecule has 33 heavy (non-hydrogen) atoms. The molecule has 0 radical (unpaired) electrons. The zero-order chi connectivity index (χ0) is 23.2. The lowest BCUT2D eigenvalue weighted by Crippen LogP contribution is -2.42. The van der Waals surface area contributed by atoms with Crippen LogP contribution in [0.25, 0.3) is 11.1 Å². The van der Waals surface area contributed by atoms with Crippen molar-refractivity contribution in [3.63, 3.8) is 0 Å². The lowest BCUT2D eigenvalue weighted by molar-refractivity contribution is -0.117. The minimum atomic E-state index is -0.212. The Morgan fingerprint density at radius 2 is 1.67 bits per heavy atom. The summed E-state index contributed by atoms with van der Waals surface area (Å²) in [4.78, 5) is 27.9. The molecular formula is C28H30N2O3. The van der Waals surface area contributed by atoms with Crippen molar-refractivity contribution in [2.24, 2.45) is 0 Å². The summed E-state index contributed by atoms with van der Waals surface area (Å²) in [5.41, 5.74) is 5.62. The normalized spacial score (nSPS) is 15.3. The molecule has 1 saturated heterocycles. The predicted molar refractivity (Wildman–Crippen MR) is 131 cm³/mol. The molecule has 1 unspecified atom stereocenters. The van der Waals surface area contributed by atoms with E-state index in [0.29, 0.717) is 18.7 Å². The Kier molecular flexibility index (Phi) is 7.20. The number of amides is 2. The van der Waals surface area contributed by atoms with Crippen LogP contribution in [-0.4, -0.2) is 42.5 Å². The number of aryl methyl sites for hydroxylation is 1. The molecule has 4 rings (SSSR count). The minimum Gasteiger partial charge on any atom is -0.376 e. The molecule has 5 heteroatoms. The van der Waals surface area contributed by atoms with Crippen molar-refractivity contribution < 1.29 is 14.3 Å². The van der Waals surface area contributed by atoms with Gasteiger partial charge in [-0.3, -0.25) is 9.59 Å². The monoisotopic (exact) mass is 442 g/mol. The van der Waals surface area contributed by atoms with Crippen molar-refractivity contribution in [1.82, 2.24) is 4.90 Å². The van der Waals surface area contributed by atoms with Crippen LogP contribution >= 0.6 is 0 Å². The smallest absolute Gasteiger partial charge is 0.254 e. The van der Waals surface area contributed by atoms with Crippen LogP contribution < -0.4 is 5.32 Å². The van der Waals surface area contributed by atoms with Crippen molar-refractivity contribution in [3.05, 3.63) is 89.5 Å². The van der Waals surface area contributed by atoms with Gasteiger partial charge in [-0.15, -0.1) is 0 Å². The Balaban J connectivity index is 1.50. The summed E-state index contributed by atoms with van der Waals surface area (Å²) in [6.07, 6.45) is 1.84. The van der Waals surface area contributed by atoms with Gasteiger partial charge in [-0.05, 0) is 67.1 Å². The first-order valence-electron chi connectivity index (χ1n) is 11.4. The number of ether oxygens (including phenoxy) is 1. The average Bonchev–Trinajstić information content (AvgIpc) is 3.35. The molecule has 0 bridgehead atoms. The number of carbonyl (C=O) groups excluding carboxylic acids is 2. The van der Waals surface area contributed by atoms with Crippen molar-refractivity contribution in [2.45, 2.75) is 32.8 Å². The van der Waals surface area contributed by atoms with E-state index in [0.717, 1.165) is 40.8 Å². The van der Waals surface area contributed by atoms with Gasteiger partial charge in [0, 0.05) is 24.4 Å². The maximum absolute atomic E-state index is 13.4. The zero-order valence-corrected chi connectivity index (χ0v) is 19.2. The van der Waals surface area contributed by atoms with Gasteiger partial charge in [-0.25, -0.2) is 0 Å². The van der Waals surface area contributed by atoms with E-state index >= 15 is 0 Å². The van der Waals surface area contributed by atoms with Gasteiger partial charge < -0.3 is 15.0 Å². The molecule has 1 heterocycles. The van der Waals surface area contributed by atoms with Crippen LogP contribution in [0, 0.1) is 13.8 Å². The molecule has 170 valence electrons. The molecule has 0 saturated carbocycles. The van der Waals surface area contributed by atoms with E-state index < -0.39 is 0 Å². The Morgan fingerprint density at radius 1 is 0.939 bits per heavy atom. The molecule has 0 spiro atoms. The van der Waals surface area contributed by atoms with Crippen LogP contribution in [0.4, 0.5) is 5.69 Å². The highest BCUT2D eigenvalue weighted by molar-refractivity contribution is 6.00. The van der Waals surface area contributed by atoms with Crippen molar-refractivity contribution >= 4 is 17.5 Å². The van der Waals surface area contributed by atoms with Crippen LogP contribution in [-0.2, 0) is 9.53 Å². The standard InChI is InChI=1S/C28H30N2O3/c1-20-8-6-12-26(21(20)2)29-27(31)19-30(18-25-11-7-17-33-25)28(32)24-15-13-23(14-16-24)22-9-4-3-5-10-22/h3-6,8-10,12-16,25H,7,11,17-19H2,1-2H3,(H,29,31). The van der Waals surface area contributed by atoms with Crippen molar-refractivity contribution in [3.8, 4) is 11.1 Å². The number of rotatable bonds is 7. The molecule has 1 aliphatic heterocycles. The molecule has 0 aliphatic carbocycles. The number of nitrogens with zero attached hydrogens (tertiary/aromatic N) is 1. The predicted octanol–water partition coefficient (Wildman–Crippen LogP) is 5.23. The molecule has 0 aromatic heterocycles. The number of benzene rings is 3. The minimum absolute atomic E-state index is 0.0213. The lowest BCUT2D eigenvalue weighted by Gasteiger charge is -2.25. The number of anilines is 1. The third-order valence-electron chi connectivity index (χ3n) is 6.19. The van der Waals surface area contributed by atoms with Crippen LogP contribution in [0.5, 0.6) is 0 Å². The summed E-state index contributed by atoms with van der Waals surface area (Å²) >= 11 is 0. The first-order valence-corrected chi connectivity index (χ1v) is 11.4. The zero-order valence-electron chi connectivity index (χ0n) is 19.2. The Bertz CT molecular complexity index is 1100. The van der Waals surface area contributed by atoms with E-state index in [1.54, 1.807) is 4.90 Å². The molecule has 1 aliphatic rings. The van der Waals surface area contributed by atoms with Gasteiger partial charge in [0.25, 0.3) is 5.91 Å². The van der Waals surface area contributed by atoms with E-state index in [1.165, 1.54) is 0 Å². The van der Waals surface area contributed by atoms with Gasteiger partial charge in [0.05, 0.1) is 6.10 Å². The summed E-state index contributed by atoms with van der Waals surface area (Å²) in [5.74, 6) is -0.378. The molecule has 1 fully saturated rings. The average molecular weight is 443 g/mol. The summed E-state index contributed by atoms with van der Waals surface area (Å²) in [5, 5.41) is 2.97. The molecular weight excluding hydrogens is 412 g/mol. The molecule has 1 N–H and O–H groups in total. The van der Waals surface area contributed by atoms with Gasteiger partial charge in [-0.1, -0.05) is 54.6 Å². The van der Waals surface area contributed by atoms with Crippen LogP contribution in [0.3, 0.4) is 0 Å². The van der Waals surface area contributed by atoms with Crippen molar-refractivity contribution in [2.75, 3.05) is 25.0 Å². The maximum Gasteiger partial charge on any atom is 0.254 e. The number of nitrogens with one attached hydrogen (secondary N) is 1. The number of carbonyl (C=O) groups is 2. The molecule has 3 aromatic rings. The Labute approximate surface area is 195 Å². The summed E-state index contributed by atoms with van der Waals surface area (Å²) in [7, 11) is 0. The Morgan fingerprint density at radius 3 is 2.36 bits per heavy atom. The number of hydrogen-bond acceptors (Lipinski definition) is 3. The van der Waals surface area contributed by atoms with E-state index in [9.17, 15) is 9.59 Å². The van der Waals surface area contributed by atoms with E-state index in [1.807, 2.05) is 86.6 Å². The second-order valence-corrected chi connectivity index (χ2v) is 8.56. The lowest BCUT2D eigenvalue weighted by atomic mass is 10.0. The SMILES string of the molecule is Cc1cccc(NC(=O)CN(CC2CCCO2)C(=O)c2ccc(-c3ccccc3)cc2)c1C. The van der Waals surface area contributed by atoms with Crippen LogP contribution in [0.15, 0.2) is 72.8 Å². The Hall–Kier alpha value is -3.44. The van der Waals surface area contributed by atoms with Crippen molar-refractivity contribution in [1.29, 1.82) is 0 Å². The molecule has 3 aromatic carbocycles. The number of hydrogen-bond donors (Lipinski definition) is 1. The quantitative estimate of drug-likeness (QED) is 0.545. The largest absolute Gasteiger partial charge is 0.376 e. The van der Waals surface area contributed by atoms with E-state index in [-0.39, 0.29) is 24.5 Å². The van der Waals surface area contributed by atoms with Crippen LogP contribution in [0.2, 0.25) is 0 Å². The topological polar surface area (TPSA) is 58.6 Å². The fourth-order valence-electron chi connectivity index (χ4n) is 4.12. The second kappa shape index (κ2) is 10.5. The third kappa shape index (κ3) is 5.68. The summed E-state index contributed by atoms with van der Waals surface area (Å²) in [6.45, 7) is 5.07. The van der Waals surface area contributed by atoms with E-state index in [4.69, 9.17) is 4.74 Å². The van der Waals surface area contributed by atoms with Gasteiger partial charge in [0.2, 0.25) is 5.91 Å². The van der Waals surface area contributed by atoms with Gasteiger partial charge in [0.15, 0.2) is 0 Å². The van der Waals surface area contributed by atoms with E-state index in [2.05, 4.69) is 5.32 Å². The highest BCUT2D eigenvalue weighted by atomic mass is 16.5. The summed E-state index contributed by atoms with van der Waals surface area (Å²) < 4.78 is 5.76. The van der Waals surface area contributed by atoms with Gasteiger partial charge in [-0.2, -0.15) is 0 Å². The summed E-state index contributed by atoms with van der Waals surface area (Å²) in [6, 6.07) is 23.4. The molecule has 2 amide bonds. The highest BCUT2D eigenvalue weighted by Crippen LogP contribution is 2.22. The first-order chi connectivity index (χ1) is 16.0. The fraction of sp³-hybridized carbons (Fsp3) is 0.286. The third-order valence-corrected chi connectivity index (χ3v) is 6.19. The second-order valence-electron chi connectivity index (χ2n) is 8.56. The fourth-order valence-corrected chi connectivity index (χ4v) is 4.12. The van der Waals surface area contributed by atoms with Crippen LogP contribution in [0.1, 0.15) is 34.3 Å². The highest BCUT2D eigenvalue weighted by Gasteiger charge is 2.25. The first kappa shape index (κ1) is 22.7. The maximum atomic E-state index is 13.4. The van der Waals surface area contributed by atoms with Gasteiger partial charge >= 0.3 is 0 Å².